The number of hydrogen-bond donors (Lipinski definition) is 2. The predicted molar refractivity (Wildman–Crippen MR) is 152 cm³/mol. The highest BCUT2D eigenvalue weighted by atomic mass is 32.3. The highest BCUT2D eigenvalue weighted by Crippen LogP contribution is 2.49. The second-order valence-corrected chi connectivity index (χ2v) is 12.5. The summed E-state index contributed by atoms with van der Waals surface area (Å²) in [5.74, 6) is 0.633. The molecule has 1 aliphatic rings. The number of carbonyl (C=O) groups excluding carboxylic acids is 1. The molecule has 0 saturated carbocycles. The zero-order valence-corrected chi connectivity index (χ0v) is 23.5. The summed E-state index contributed by atoms with van der Waals surface area (Å²) >= 11 is 1.54. The molecule has 0 aliphatic carbocycles. The molecule has 2 N–H and O–H groups in total. The number of rotatable bonds is 5. The van der Waals surface area contributed by atoms with Crippen LogP contribution in [0.5, 0.6) is 0 Å². The van der Waals surface area contributed by atoms with Gasteiger partial charge in [0.1, 0.15) is 0 Å². The minimum atomic E-state index is -1.84. The molecule has 0 spiro atoms. The van der Waals surface area contributed by atoms with Crippen molar-refractivity contribution < 1.29 is 9.35 Å². The number of nitrogens with one attached hydrogen (secondary N) is 1. The highest BCUT2D eigenvalue weighted by Gasteiger charge is 2.26. The minimum Gasteiger partial charge on any atom is -0.348 e. The lowest BCUT2D eigenvalue weighted by Gasteiger charge is -2.32. The molecule has 4 nitrogen and oxygen atoms in total. The maximum absolute atomic E-state index is 13.2. The number of piperidine rings is 1. The van der Waals surface area contributed by atoms with Crippen LogP contribution in [0.3, 0.4) is 0 Å². The Morgan fingerprint density at radius 3 is 2.32 bits per heavy atom. The van der Waals surface area contributed by atoms with Gasteiger partial charge in [0.25, 0.3) is 5.91 Å². The number of nitrogens with zero attached hydrogens (tertiary/aromatic N) is 1. The van der Waals surface area contributed by atoms with Crippen molar-refractivity contribution in [2.24, 2.45) is 0 Å². The van der Waals surface area contributed by atoms with E-state index in [4.69, 9.17) is 0 Å². The predicted octanol–water partition coefficient (Wildman–Crippen LogP) is 7.59. The molecule has 2 aromatic carbocycles. The van der Waals surface area contributed by atoms with Crippen molar-refractivity contribution >= 4 is 37.6 Å². The number of hydrogen-bond acceptors (Lipinski definition) is 4. The molecule has 0 unspecified atom stereocenters. The van der Waals surface area contributed by atoms with Crippen LogP contribution in [0.15, 0.2) is 53.4 Å². The van der Waals surface area contributed by atoms with Gasteiger partial charge in [0, 0.05) is 34.6 Å². The van der Waals surface area contributed by atoms with E-state index in [0.29, 0.717) is 5.92 Å². The quantitative estimate of drug-likeness (QED) is 0.378. The van der Waals surface area contributed by atoms with Gasteiger partial charge in [-0.05, 0) is 67.6 Å². The van der Waals surface area contributed by atoms with E-state index in [0.717, 1.165) is 52.3 Å². The van der Waals surface area contributed by atoms with Gasteiger partial charge in [0.15, 0.2) is 0 Å². The van der Waals surface area contributed by atoms with Crippen LogP contribution in [0.2, 0.25) is 0 Å². The smallest absolute Gasteiger partial charge is 0.263 e. The van der Waals surface area contributed by atoms with Crippen molar-refractivity contribution in [3.63, 3.8) is 0 Å². The van der Waals surface area contributed by atoms with Gasteiger partial charge >= 0.3 is 0 Å². The summed E-state index contributed by atoms with van der Waals surface area (Å²) < 4.78 is 11.6. The average Bonchev–Trinajstić information content (AvgIpc) is 3.30. The van der Waals surface area contributed by atoms with E-state index in [9.17, 15) is 9.35 Å². The molecule has 0 atom stereocenters. The number of benzene rings is 2. The molecular weight excluding hydrogens is 460 g/mol. The molecule has 0 bridgehead atoms. The molecule has 1 aliphatic heterocycles. The molecule has 1 amide bonds. The van der Waals surface area contributed by atoms with E-state index in [-0.39, 0.29) is 5.91 Å². The number of fused-ring (bicyclic) bond motifs is 1. The van der Waals surface area contributed by atoms with Gasteiger partial charge in [0.05, 0.1) is 4.88 Å². The van der Waals surface area contributed by atoms with Crippen LogP contribution in [-0.2, 0) is 6.54 Å². The summed E-state index contributed by atoms with van der Waals surface area (Å²) in [6.45, 7) is 10.5. The van der Waals surface area contributed by atoms with E-state index >= 15 is 0 Å². The Kier molecular flexibility index (Phi) is 11.1. The zero-order valence-electron chi connectivity index (χ0n) is 21.9. The first-order valence-corrected chi connectivity index (χ1v) is 15.6. The topological polar surface area (TPSA) is 52.6 Å². The Morgan fingerprint density at radius 1 is 1.06 bits per heavy atom. The van der Waals surface area contributed by atoms with Crippen LogP contribution in [-0.4, -0.2) is 48.0 Å². The van der Waals surface area contributed by atoms with Gasteiger partial charge in [-0.15, -0.1) is 21.6 Å². The average molecular weight is 503 g/mol. The summed E-state index contributed by atoms with van der Waals surface area (Å²) in [6.07, 6.45) is 5.74. The summed E-state index contributed by atoms with van der Waals surface area (Å²) in [5, 5.41) is 4.23. The second-order valence-electron chi connectivity index (χ2n) is 8.39. The third kappa shape index (κ3) is 6.85. The fourth-order valence-electron chi connectivity index (χ4n) is 4.31. The second kappa shape index (κ2) is 13.3. The summed E-state index contributed by atoms with van der Waals surface area (Å²) in [6, 6.07) is 16.8. The first-order chi connectivity index (χ1) is 16.4. The van der Waals surface area contributed by atoms with Crippen LogP contribution >= 0.6 is 21.6 Å². The third-order valence-electron chi connectivity index (χ3n) is 5.86. The summed E-state index contributed by atoms with van der Waals surface area (Å²) in [4.78, 5) is 16.9. The normalized spacial score (nSPS) is 14.6. The summed E-state index contributed by atoms with van der Waals surface area (Å²) in [7, 11) is 0.134. The fraction of sp³-hybridized carbons (Fsp3) is 0.464. The van der Waals surface area contributed by atoms with Crippen molar-refractivity contribution in [3.05, 3.63) is 64.5 Å². The SMILES string of the molecule is CC.CC.CNCc1cccc(C2CCN(C(=O)c3cc4c(S(C)(C)O)cccc4s3)CC2)c1. The molecule has 2 heterocycles. The fourth-order valence-corrected chi connectivity index (χ4v) is 6.55. The van der Waals surface area contributed by atoms with E-state index in [1.165, 1.54) is 22.5 Å². The van der Waals surface area contributed by atoms with Gasteiger partial charge in [-0.25, -0.2) is 0 Å². The lowest BCUT2D eigenvalue weighted by Crippen LogP contribution is -2.37. The number of likely N-dealkylation sites (tertiary alicyclic amines) is 1. The van der Waals surface area contributed by atoms with Crippen molar-refractivity contribution in [1.82, 2.24) is 10.2 Å². The van der Waals surface area contributed by atoms with Crippen molar-refractivity contribution in [2.45, 2.75) is 57.9 Å². The van der Waals surface area contributed by atoms with Gasteiger partial charge in [0.2, 0.25) is 0 Å². The Labute approximate surface area is 211 Å². The van der Waals surface area contributed by atoms with Crippen LogP contribution < -0.4 is 5.32 Å². The van der Waals surface area contributed by atoms with Gasteiger partial charge in [-0.2, -0.15) is 0 Å². The Morgan fingerprint density at radius 2 is 1.71 bits per heavy atom. The van der Waals surface area contributed by atoms with Crippen molar-refractivity contribution in [2.75, 3.05) is 32.6 Å². The maximum Gasteiger partial charge on any atom is 0.263 e. The number of amides is 1. The standard InChI is InChI=1S/C24H30N2O2S2.2C2H6/c1-25-16-17-6-4-7-19(14-17)18-10-12-26(13-11-18)24(27)22-15-20-21(29-22)8-5-9-23(20)30(2,3)28;2*1-2/h4-9,14-15,18,25,28H,10-13,16H2,1-3H3;2*1-2H3. The number of carbonyl (C=O) groups is 1. The first-order valence-electron chi connectivity index (χ1n) is 12.4. The molecule has 188 valence electrons. The molecule has 34 heavy (non-hydrogen) atoms. The molecule has 1 fully saturated rings. The van der Waals surface area contributed by atoms with E-state index in [1.54, 1.807) is 0 Å². The molecule has 0 radical (unpaired) electrons. The van der Waals surface area contributed by atoms with Gasteiger partial charge in [-0.1, -0.05) is 58.0 Å². The van der Waals surface area contributed by atoms with Crippen molar-refractivity contribution in [3.8, 4) is 0 Å². The largest absolute Gasteiger partial charge is 0.348 e. The van der Waals surface area contributed by atoms with E-state index < -0.39 is 10.3 Å². The molecular formula is C28H42N2O2S2. The summed E-state index contributed by atoms with van der Waals surface area (Å²) in [5.41, 5.74) is 2.69. The Balaban J connectivity index is 0.000000970. The highest BCUT2D eigenvalue weighted by molar-refractivity contribution is 8.28. The number of thiophene rings is 1. The van der Waals surface area contributed by atoms with Crippen LogP contribution in [0.1, 0.15) is 67.3 Å². The molecule has 4 rings (SSSR count). The maximum atomic E-state index is 13.2. The molecule has 1 aromatic heterocycles. The van der Waals surface area contributed by atoms with E-state index in [1.807, 2.05) is 76.4 Å². The third-order valence-corrected chi connectivity index (χ3v) is 8.38. The molecule has 3 aromatic rings. The van der Waals surface area contributed by atoms with Crippen LogP contribution in [0, 0.1) is 0 Å². The van der Waals surface area contributed by atoms with Crippen LogP contribution in [0.25, 0.3) is 10.1 Å². The Bertz CT molecular complexity index is 1050. The first kappa shape index (κ1) is 28.4. The zero-order chi connectivity index (χ0) is 25.3. The van der Waals surface area contributed by atoms with E-state index in [2.05, 4.69) is 29.6 Å². The Hall–Kier alpha value is -1.86. The molecule has 6 heteroatoms. The van der Waals surface area contributed by atoms with Gasteiger partial charge in [-0.3, -0.25) is 4.79 Å². The van der Waals surface area contributed by atoms with Gasteiger partial charge < -0.3 is 14.8 Å². The van der Waals surface area contributed by atoms with Crippen LogP contribution in [0.4, 0.5) is 0 Å². The van der Waals surface area contributed by atoms with Crippen molar-refractivity contribution in [1.29, 1.82) is 0 Å². The lowest BCUT2D eigenvalue weighted by atomic mass is 9.88. The lowest BCUT2D eigenvalue weighted by molar-refractivity contribution is 0.0718. The monoisotopic (exact) mass is 502 g/mol. The molecule has 1 saturated heterocycles. The minimum absolute atomic E-state index is 0.121.